The van der Waals surface area contributed by atoms with Gasteiger partial charge in [-0.1, -0.05) is 5.75 Å². The highest BCUT2D eigenvalue weighted by atomic mass is 32.2. The van der Waals surface area contributed by atoms with Gasteiger partial charge >= 0.3 is 0 Å². The lowest BCUT2D eigenvalue weighted by atomic mass is 10.3. The normalized spacial score (nSPS) is 11.5. The summed E-state index contributed by atoms with van der Waals surface area (Å²) in [6.07, 6.45) is 3.81. The fraction of sp³-hybridized carbons (Fsp3) is 0.235. The molecule has 0 aliphatic heterocycles. The van der Waals surface area contributed by atoms with Crippen LogP contribution in [-0.2, 0) is 14.8 Å². The summed E-state index contributed by atoms with van der Waals surface area (Å²) < 4.78 is 36.2. The molecule has 0 spiro atoms. The van der Waals surface area contributed by atoms with Crippen LogP contribution < -0.4 is 9.47 Å². The molecule has 27 heavy (non-hydrogen) atoms. The molecule has 0 bridgehead atoms. The molecule has 10 heteroatoms. The summed E-state index contributed by atoms with van der Waals surface area (Å²) in [4.78, 5) is 8.52. The van der Waals surface area contributed by atoms with Crippen molar-refractivity contribution in [3.05, 3.63) is 36.7 Å². The number of rotatable bonds is 7. The Morgan fingerprint density at radius 3 is 3.00 bits per heavy atom. The minimum absolute atomic E-state index is 0.271. The van der Waals surface area contributed by atoms with Crippen molar-refractivity contribution in [1.29, 1.82) is 4.78 Å². The quantitative estimate of drug-likeness (QED) is 0.383. The average Bonchev–Trinajstić information content (AvgIpc) is 3.28. The summed E-state index contributed by atoms with van der Waals surface area (Å²) in [6.45, 7) is 0.334. The number of ether oxygens (including phenoxy) is 2. The zero-order valence-corrected chi connectivity index (χ0v) is 15.2. The number of nitrogens with one attached hydrogen (secondary N) is 1. The minimum atomic E-state index is -1.57. The van der Waals surface area contributed by atoms with Crippen molar-refractivity contribution < 1.29 is 18.1 Å². The van der Waals surface area contributed by atoms with Gasteiger partial charge in [-0.25, -0.2) is 14.5 Å². The number of imidazole rings is 1. The number of pyridine rings is 1. The molecule has 0 saturated heterocycles. The Morgan fingerprint density at radius 1 is 1.30 bits per heavy atom. The van der Waals surface area contributed by atoms with Crippen LogP contribution in [0.5, 0.6) is 11.8 Å². The van der Waals surface area contributed by atoms with E-state index in [2.05, 4.69) is 15.1 Å². The maximum atomic E-state index is 10.8. The van der Waals surface area contributed by atoms with E-state index in [1.807, 2.05) is 6.07 Å². The summed E-state index contributed by atoms with van der Waals surface area (Å²) in [5, 5.41) is 5.21. The SMILES string of the molecule is COc1nccc2oc(-c3cnc4ccc(OCCC[S-](=N)=O)nn34)cc12. The van der Waals surface area contributed by atoms with Gasteiger partial charge in [0.15, 0.2) is 11.4 Å². The second-order valence-electron chi connectivity index (χ2n) is 5.68. The van der Waals surface area contributed by atoms with E-state index in [4.69, 9.17) is 18.7 Å². The van der Waals surface area contributed by atoms with Crippen LogP contribution in [0.15, 0.2) is 41.1 Å². The fourth-order valence-corrected chi connectivity index (χ4v) is 3.08. The molecule has 4 rings (SSSR count). The van der Waals surface area contributed by atoms with E-state index in [0.717, 1.165) is 5.39 Å². The van der Waals surface area contributed by atoms with Gasteiger partial charge in [0.2, 0.25) is 11.8 Å². The molecule has 0 unspecified atom stereocenters. The molecule has 0 amide bonds. The van der Waals surface area contributed by atoms with Crippen LogP contribution in [0.3, 0.4) is 0 Å². The van der Waals surface area contributed by atoms with Gasteiger partial charge in [-0.2, -0.15) is 10.6 Å². The van der Waals surface area contributed by atoms with E-state index in [-0.39, 0.29) is 5.75 Å². The lowest BCUT2D eigenvalue weighted by molar-refractivity contribution is 0.301. The molecule has 1 N–H and O–H groups in total. The van der Waals surface area contributed by atoms with Crippen molar-refractivity contribution in [2.45, 2.75) is 6.42 Å². The largest absolute Gasteiger partial charge is 0.480 e. The number of nitrogens with zero attached hydrogens (tertiary/aromatic N) is 4. The maximum Gasteiger partial charge on any atom is 0.231 e. The molecule has 0 aliphatic carbocycles. The lowest BCUT2D eigenvalue weighted by Gasteiger charge is -2.06. The number of aromatic nitrogens is 4. The molecular formula is C17H16N5O4S-. The first-order valence-corrected chi connectivity index (χ1v) is 9.47. The summed E-state index contributed by atoms with van der Waals surface area (Å²) in [5.74, 6) is 1.75. The van der Waals surface area contributed by atoms with Gasteiger partial charge < -0.3 is 22.9 Å². The van der Waals surface area contributed by atoms with Gasteiger partial charge in [0.25, 0.3) is 0 Å². The van der Waals surface area contributed by atoms with Crippen LogP contribution >= 0.6 is 0 Å². The third kappa shape index (κ3) is 3.43. The average molecular weight is 386 g/mol. The summed E-state index contributed by atoms with van der Waals surface area (Å²) in [7, 11) is -0.0124. The van der Waals surface area contributed by atoms with Crippen molar-refractivity contribution in [2.75, 3.05) is 19.5 Å². The van der Waals surface area contributed by atoms with Crippen LogP contribution in [0, 0.1) is 4.78 Å². The summed E-state index contributed by atoms with van der Waals surface area (Å²) >= 11 is 0. The zero-order chi connectivity index (χ0) is 18.8. The first kappa shape index (κ1) is 17.3. The standard InChI is InChI=1S/C17H16N5O4S/c1-24-17-11-9-14(26-13(11)5-6-19-17)12-10-20-15-3-4-16(21-22(12)15)25-7-2-8-27(18)23/h3-6,9-10,18H,2,7-8H2,1H3/q-1. The van der Waals surface area contributed by atoms with Crippen LogP contribution in [0.4, 0.5) is 0 Å². The Hall–Kier alpha value is -3.14. The van der Waals surface area contributed by atoms with Gasteiger partial charge in [-0.05, 0) is 18.6 Å². The van der Waals surface area contributed by atoms with Gasteiger partial charge in [0, 0.05) is 18.3 Å². The van der Waals surface area contributed by atoms with E-state index < -0.39 is 10.6 Å². The monoisotopic (exact) mass is 386 g/mol. The Bertz CT molecular complexity index is 1170. The first-order valence-electron chi connectivity index (χ1n) is 8.16. The van der Waals surface area contributed by atoms with E-state index in [1.54, 1.807) is 42.2 Å². The highest BCUT2D eigenvalue weighted by Crippen LogP contribution is 2.32. The van der Waals surface area contributed by atoms with Gasteiger partial charge in [-0.3, -0.25) is 0 Å². The van der Waals surface area contributed by atoms with Crippen molar-refractivity contribution >= 4 is 27.2 Å². The predicted octanol–water partition coefficient (Wildman–Crippen LogP) is 3.04. The van der Waals surface area contributed by atoms with E-state index >= 15 is 0 Å². The van der Waals surface area contributed by atoms with Crippen LogP contribution in [0.1, 0.15) is 6.42 Å². The van der Waals surface area contributed by atoms with Crippen molar-refractivity contribution in [3.63, 3.8) is 0 Å². The molecule has 4 aromatic rings. The molecule has 0 atom stereocenters. The van der Waals surface area contributed by atoms with Crippen LogP contribution in [-0.4, -0.2) is 39.1 Å². The third-order valence-electron chi connectivity index (χ3n) is 3.92. The second-order valence-corrected chi connectivity index (χ2v) is 6.78. The fourth-order valence-electron chi connectivity index (χ4n) is 2.70. The topological polar surface area (TPSA) is 116 Å². The van der Waals surface area contributed by atoms with Crippen molar-refractivity contribution in [3.8, 4) is 23.2 Å². The number of methoxy groups -OCH3 is 1. The molecule has 4 aromatic heterocycles. The predicted molar refractivity (Wildman–Crippen MR) is 98.3 cm³/mol. The van der Waals surface area contributed by atoms with Gasteiger partial charge in [0.1, 0.15) is 11.3 Å². The molecule has 0 aliphatic rings. The zero-order valence-electron chi connectivity index (χ0n) is 14.4. The molecule has 0 saturated carbocycles. The molecule has 9 nitrogen and oxygen atoms in total. The Labute approximate surface area is 155 Å². The second kappa shape index (κ2) is 7.23. The van der Waals surface area contributed by atoms with Crippen molar-refractivity contribution in [2.24, 2.45) is 0 Å². The van der Waals surface area contributed by atoms with Gasteiger partial charge in [0.05, 0.1) is 25.3 Å². The molecule has 0 fully saturated rings. The lowest BCUT2D eigenvalue weighted by Crippen LogP contribution is -2.04. The van der Waals surface area contributed by atoms with Crippen LogP contribution in [0.2, 0.25) is 0 Å². The number of fused-ring (bicyclic) bond motifs is 2. The molecule has 0 aromatic carbocycles. The van der Waals surface area contributed by atoms with Gasteiger partial charge in [-0.15, -0.1) is 5.10 Å². The molecular weight excluding hydrogens is 370 g/mol. The van der Waals surface area contributed by atoms with E-state index in [9.17, 15) is 4.21 Å². The molecule has 140 valence electrons. The Morgan fingerprint density at radius 2 is 2.19 bits per heavy atom. The Balaban J connectivity index is 1.67. The number of hydrogen-bond acceptors (Lipinski definition) is 9. The molecule has 0 radical (unpaired) electrons. The Kier molecular flexibility index (Phi) is 4.63. The highest BCUT2D eigenvalue weighted by Gasteiger charge is 2.15. The molecule has 4 heterocycles. The highest BCUT2D eigenvalue weighted by molar-refractivity contribution is 7.73. The smallest absolute Gasteiger partial charge is 0.231 e. The van der Waals surface area contributed by atoms with Crippen LogP contribution in [0.25, 0.3) is 28.1 Å². The number of hydrogen-bond donors (Lipinski definition) is 1. The third-order valence-corrected chi connectivity index (χ3v) is 4.58. The van der Waals surface area contributed by atoms with E-state index in [1.165, 1.54) is 0 Å². The number of furan rings is 1. The maximum absolute atomic E-state index is 10.8. The summed E-state index contributed by atoms with van der Waals surface area (Å²) in [5.41, 5.74) is 1.97. The summed E-state index contributed by atoms with van der Waals surface area (Å²) in [6, 6.07) is 7.11. The van der Waals surface area contributed by atoms with Crippen molar-refractivity contribution in [1.82, 2.24) is 19.6 Å². The minimum Gasteiger partial charge on any atom is -0.480 e. The first-order chi connectivity index (χ1) is 13.2. The van der Waals surface area contributed by atoms with E-state index in [0.29, 0.717) is 47.5 Å².